The summed E-state index contributed by atoms with van der Waals surface area (Å²) in [5.74, 6) is -0.228. The van der Waals surface area contributed by atoms with Gasteiger partial charge in [-0.15, -0.1) is 0 Å². The van der Waals surface area contributed by atoms with E-state index in [-0.39, 0.29) is 48.9 Å². The van der Waals surface area contributed by atoms with Crippen LogP contribution in [0.4, 0.5) is 5.69 Å². The van der Waals surface area contributed by atoms with Crippen LogP contribution in [0.1, 0.15) is 76.7 Å². The summed E-state index contributed by atoms with van der Waals surface area (Å²) in [7, 11) is -6.16. The van der Waals surface area contributed by atoms with Gasteiger partial charge in [0.05, 0.1) is 100 Å². The molecular weight excluding hydrogens is 1000 g/mol. The second-order valence-corrected chi connectivity index (χ2v) is 21.3. The number of anilines is 1. The van der Waals surface area contributed by atoms with Crippen LogP contribution in [0.3, 0.4) is 0 Å². The summed E-state index contributed by atoms with van der Waals surface area (Å²) in [6, 6.07) is 12.1. The van der Waals surface area contributed by atoms with Crippen LogP contribution < -0.4 is 44.4 Å². The van der Waals surface area contributed by atoms with E-state index in [1.54, 1.807) is 14.2 Å². The first-order valence-electron chi connectivity index (χ1n) is 24.3. The molecule has 0 bridgehead atoms. The molecule has 1 N–H and O–H groups in total. The van der Waals surface area contributed by atoms with Gasteiger partial charge in [0.25, 0.3) is 0 Å². The molecule has 2 aliphatic heterocycles. The van der Waals surface area contributed by atoms with Crippen LogP contribution in [0, 0.1) is 0 Å². The van der Waals surface area contributed by atoms with Crippen molar-refractivity contribution in [1.29, 1.82) is 0 Å². The van der Waals surface area contributed by atoms with Gasteiger partial charge in [-0.2, -0.15) is 0 Å². The van der Waals surface area contributed by atoms with Crippen molar-refractivity contribution in [2.45, 2.75) is 75.5 Å². The van der Waals surface area contributed by atoms with E-state index in [9.17, 15) is 35.8 Å². The largest absolute Gasteiger partial charge is 1.00 e. The third-order valence-electron chi connectivity index (χ3n) is 11.9. The van der Waals surface area contributed by atoms with Crippen molar-refractivity contribution in [3.63, 3.8) is 0 Å². The van der Waals surface area contributed by atoms with E-state index < -0.39 is 47.7 Å². The topological polar surface area (TPSA) is 245 Å². The second kappa shape index (κ2) is 32.5. The molecule has 404 valence electrons. The Morgan fingerprint density at radius 1 is 0.753 bits per heavy atom. The van der Waals surface area contributed by atoms with Gasteiger partial charge in [0.1, 0.15) is 34.9 Å². The minimum absolute atomic E-state index is 0. The normalized spacial score (nSPS) is 15.7. The number of carbonyl (C=O) groups is 1. The fourth-order valence-corrected chi connectivity index (χ4v) is 9.06. The SMILES string of the molecule is COCCOCCOCCOCC[N+](CCOCCOCCOCCOC)=c1ccc2c(/C=C/C=C3\N(CCCS(=O)(=O)[O-])c4ccc(S(=O)(=O)[O-])cc4C3(C)CCCCC(=O)O)cc(C(C)(C)C)oc-2c1.[Na+]. The third-order valence-corrected chi connectivity index (χ3v) is 13.5. The summed E-state index contributed by atoms with van der Waals surface area (Å²) in [6.45, 7) is 15.6. The molecule has 1 unspecified atom stereocenters. The number of rotatable bonds is 36. The van der Waals surface area contributed by atoms with Gasteiger partial charge in [-0.05, 0) is 73.7 Å². The summed E-state index contributed by atoms with van der Waals surface area (Å²) in [5.41, 5.74) is 2.04. The number of carboxylic acid groups (broad SMARTS) is 1. The van der Waals surface area contributed by atoms with Crippen molar-refractivity contribution in [1.82, 2.24) is 4.58 Å². The van der Waals surface area contributed by atoms with E-state index in [0.717, 1.165) is 16.5 Å². The Bertz CT molecular complexity index is 2450. The van der Waals surface area contributed by atoms with Crippen molar-refractivity contribution < 1.29 is 108 Å². The molecule has 19 nitrogen and oxygen atoms in total. The number of allylic oxidation sites excluding steroid dienone is 3. The molecule has 1 atom stereocenters. The van der Waals surface area contributed by atoms with E-state index in [2.05, 4.69) is 25.3 Å². The van der Waals surface area contributed by atoms with Gasteiger partial charge >= 0.3 is 35.5 Å². The van der Waals surface area contributed by atoms with Crippen LogP contribution >= 0.6 is 0 Å². The first kappa shape index (κ1) is 64.2. The molecule has 22 heteroatoms. The fourth-order valence-electron chi connectivity index (χ4n) is 8.08. The number of fused-ring (bicyclic) bond motifs is 2. The number of methoxy groups -OCH3 is 2. The van der Waals surface area contributed by atoms with Crippen LogP contribution in [0.15, 0.2) is 69.6 Å². The van der Waals surface area contributed by atoms with Crippen molar-refractivity contribution in [3.05, 3.63) is 82.6 Å². The van der Waals surface area contributed by atoms with Gasteiger partial charge in [0, 0.05) is 66.8 Å². The van der Waals surface area contributed by atoms with Gasteiger partial charge < -0.3 is 61.4 Å². The predicted octanol–water partition coefficient (Wildman–Crippen LogP) is 2.01. The summed E-state index contributed by atoms with van der Waals surface area (Å²) >= 11 is 0. The summed E-state index contributed by atoms with van der Waals surface area (Å²) < 4.78 is 125. The van der Waals surface area contributed by atoms with Gasteiger partial charge in [0.15, 0.2) is 13.1 Å². The smallest absolute Gasteiger partial charge is 0.748 e. The Morgan fingerprint density at radius 2 is 1.30 bits per heavy atom. The second-order valence-electron chi connectivity index (χ2n) is 18.4. The molecule has 0 saturated carbocycles. The van der Waals surface area contributed by atoms with E-state index in [1.807, 2.05) is 54.3 Å². The number of hydrogen-bond donors (Lipinski definition) is 1. The fraction of sp³-hybridized carbons (Fsp3) is 0.608. The summed E-state index contributed by atoms with van der Waals surface area (Å²) in [5, 5.41) is 10.3. The van der Waals surface area contributed by atoms with Gasteiger partial charge in [0.2, 0.25) is 5.36 Å². The molecule has 0 saturated heterocycles. The van der Waals surface area contributed by atoms with Crippen molar-refractivity contribution in [2.75, 3.05) is 137 Å². The van der Waals surface area contributed by atoms with Crippen LogP contribution in [0.5, 0.6) is 0 Å². The average Bonchev–Trinajstić information content (AvgIpc) is 3.54. The molecule has 73 heavy (non-hydrogen) atoms. The zero-order valence-electron chi connectivity index (χ0n) is 43.7. The van der Waals surface area contributed by atoms with E-state index in [4.69, 9.17) is 42.3 Å². The van der Waals surface area contributed by atoms with Gasteiger partial charge in [-0.25, -0.2) is 21.4 Å². The Kier molecular flexibility index (Phi) is 28.6. The minimum atomic E-state index is -4.85. The maximum atomic E-state index is 12.3. The van der Waals surface area contributed by atoms with E-state index in [0.29, 0.717) is 153 Å². The Labute approximate surface area is 453 Å². The van der Waals surface area contributed by atoms with Crippen molar-refractivity contribution in [2.24, 2.45) is 0 Å². The van der Waals surface area contributed by atoms with E-state index in [1.165, 1.54) is 18.2 Å². The first-order chi connectivity index (χ1) is 34.3. The molecular formula is C51H75N2NaO17S2. The molecule has 0 radical (unpaired) electrons. The maximum Gasteiger partial charge on any atom is 1.00 e. The molecule has 1 aromatic carbocycles. The molecule has 0 fully saturated rings. The maximum absolute atomic E-state index is 12.3. The summed E-state index contributed by atoms with van der Waals surface area (Å²) in [4.78, 5) is 12.9. The minimum Gasteiger partial charge on any atom is -0.748 e. The number of carboxylic acids is 1. The van der Waals surface area contributed by atoms with E-state index >= 15 is 0 Å². The molecule has 0 spiro atoms. The molecule has 0 amide bonds. The quantitative estimate of drug-likeness (QED) is 0.0379. The van der Waals surface area contributed by atoms with Crippen LogP contribution in [0.2, 0.25) is 0 Å². The van der Waals surface area contributed by atoms with Crippen LogP contribution in [0.25, 0.3) is 17.4 Å². The zero-order chi connectivity index (χ0) is 52.6. The Hall–Kier alpha value is -3.10. The number of nitrogens with zero attached hydrogens (tertiary/aromatic N) is 2. The van der Waals surface area contributed by atoms with Gasteiger partial charge in [-0.1, -0.05) is 39.3 Å². The Balaban J connectivity index is 0.0000141. The average molecular weight is 1080 g/mol. The molecule has 1 aliphatic carbocycles. The summed E-state index contributed by atoms with van der Waals surface area (Å²) in [6.07, 6.45) is 6.71. The number of benzene rings is 2. The zero-order valence-corrected chi connectivity index (χ0v) is 47.4. The number of ether oxygens (including phenoxy) is 8. The van der Waals surface area contributed by atoms with Crippen molar-refractivity contribution in [3.8, 4) is 11.3 Å². The van der Waals surface area contributed by atoms with Gasteiger partial charge in [-0.3, -0.25) is 4.79 Å². The van der Waals surface area contributed by atoms with Crippen LogP contribution in [-0.4, -0.2) is 169 Å². The molecule has 4 rings (SSSR count). The monoisotopic (exact) mass is 1070 g/mol. The first-order valence-corrected chi connectivity index (χ1v) is 27.3. The molecule has 1 aromatic rings. The van der Waals surface area contributed by atoms with Crippen molar-refractivity contribution >= 4 is 38.0 Å². The predicted molar refractivity (Wildman–Crippen MR) is 269 cm³/mol. The number of hydrogen-bond acceptors (Lipinski definition) is 17. The number of aliphatic carboxylic acids is 1. The standard InChI is InChI=1S/C51H76N2O17S2.Na/c1-50(2,3)48-37-40(11-9-12-47-51(4,18-8-7-13-49(54)55)44-39-42(72(59,60)61)15-17-45(44)53(47)19-10-36-71(56,57)58)43-16-14-41(38-46(43)70-48)52(20-22-64-28-30-68-34-32-66-26-24-62-5)21-23-65-29-31-69-35-33-67-27-25-63-6;/h9,11-12,14-17,37-39H,7-8,10,13,18-36H2,1-6H3,(H2-,54,55,56,57,58,59,60,61);/q;+1/p-1. The third kappa shape index (κ3) is 22.2. The van der Waals surface area contributed by atoms with Crippen LogP contribution in [-0.2, 0) is 73.8 Å². The molecule has 0 aromatic heterocycles. The number of unbranched alkanes of at least 4 members (excludes halogenated alkanes) is 1. The Morgan fingerprint density at radius 3 is 1.81 bits per heavy atom. The molecule has 3 aliphatic rings. The molecule has 2 heterocycles.